The van der Waals surface area contributed by atoms with Crippen molar-refractivity contribution in [2.24, 2.45) is 5.14 Å². The molecule has 0 radical (unpaired) electrons. The van der Waals surface area contributed by atoms with Gasteiger partial charge in [-0.25, -0.2) is 13.6 Å². The molecule has 0 heterocycles. The summed E-state index contributed by atoms with van der Waals surface area (Å²) in [6.07, 6.45) is 2.89. The number of hydrogen-bond donors (Lipinski definition) is 2. The smallest absolute Gasteiger partial charge is 0.209 e. The highest BCUT2D eigenvalue weighted by Gasteiger charge is 2.00. The fraction of sp³-hybridized carbons (Fsp3) is 1.00. The van der Waals surface area contributed by atoms with E-state index < -0.39 is 10.0 Å². The van der Waals surface area contributed by atoms with Crippen LogP contribution in [0.1, 0.15) is 26.2 Å². The van der Waals surface area contributed by atoms with Crippen LogP contribution in [0.3, 0.4) is 0 Å². The molecule has 0 aromatic heterocycles. The Morgan fingerprint density at radius 1 is 1.25 bits per heavy atom. The van der Waals surface area contributed by atoms with Gasteiger partial charge in [0.25, 0.3) is 0 Å². The first-order chi connectivity index (χ1) is 5.56. The van der Waals surface area contributed by atoms with Crippen molar-refractivity contribution in [2.75, 3.05) is 18.8 Å². The molecule has 0 aliphatic carbocycles. The minimum absolute atomic E-state index is 0.0755. The standard InChI is InChI=1S/C7H18N2O2S/c1-2-3-5-9-6-4-7-12(8,10)11/h9H,2-7H2,1H3,(H2,8,10,11). The molecule has 5 heteroatoms. The fourth-order valence-electron chi connectivity index (χ4n) is 0.825. The topological polar surface area (TPSA) is 72.2 Å². The quantitative estimate of drug-likeness (QED) is 0.563. The molecule has 0 saturated heterocycles. The van der Waals surface area contributed by atoms with Crippen molar-refractivity contribution < 1.29 is 8.42 Å². The third-order valence-electron chi connectivity index (χ3n) is 1.49. The number of unbranched alkanes of at least 4 members (excludes halogenated alkanes) is 1. The Kier molecular flexibility index (Phi) is 6.32. The van der Waals surface area contributed by atoms with Crippen molar-refractivity contribution in [3.63, 3.8) is 0 Å². The Labute approximate surface area is 74.6 Å². The molecule has 0 rings (SSSR count). The van der Waals surface area contributed by atoms with E-state index in [-0.39, 0.29) is 5.75 Å². The molecule has 3 N–H and O–H groups in total. The van der Waals surface area contributed by atoms with E-state index in [1.807, 2.05) is 0 Å². The molecule has 12 heavy (non-hydrogen) atoms. The summed E-state index contributed by atoms with van der Waals surface area (Å²) in [5, 5.41) is 7.96. The molecule has 0 fully saturated rings. The van der Waals surface area contributed by atoms with Crippen LogP contribution in [-0.4, -0.2) is 27.3 Å². The second-order valence-electron chi connectivity index (χ2n) is 2.82. The molecular weight excluding hydrogens is 176 g/mol. The lowest BCUT2D eigenvalue weighted by Crippen LogP contribution is -2.22. The maximum absolute atomic E-state index is 10.5. The minimum atomic E-state index is -3.26. The molecule has 0 amide bonds. The number of primary sulfonamides is 1. The van der Waals surface area contributed by atoms with Crippen LogP contribution in [0.2, 0.25) is 0 Å². The molecule has 0 aromatic rings. The largest absolute Gasteiger partial charge is 0.317 e. The van der Waals surface area contributed by atoms with Crippen LogP contribution < -0.4 is 10.5 Å². The van der Waals surface area contributed by atoms with E-state index in [0.717, 1.165) is 25.9 Å². The highest BCUT2D eigenvalue weighted by Crippen LogP contribution is 1.85. The summed E-state index contributed by atoms with van der Waals surface area (Å²) in [5.41, 5.74) is 0. The Hall–Kier alpha value is -0.130. The van der Waals surface area contributed by atoms with Gasteiger partial charge in [0.15, 0.2) is 0 Å². The van der Waals surface area contributed by atoms with Crippen molar-refractivity contribution in [3.05, 3.63) is 0 Å². The normalized spacial score (nSPS) is 11.8. The second-order valence-corrected chi connectivity index (χ2v) is 4.56. The zero-order valence-electron chi connectivity index (χ0n) is 7.54. The van der Waals surface area contributed by atoms with E-state index in [4.69, 9.17) is 5.14 Å². The monoisotopic (exact) mass is 194 g/mol. The Morgan fingerprint density at radius 2 is 1.83 bits per heavy atom. The first-order valence-corrected chi connectivity index (χ1v) is 5.99. The Bertz CT molecular complexity index is 190. The van der Waals surface area contributed by atoms with Gasteiger partial charge in [0.2, 0.25) is 10.0 Å². The van der Waals surface area contributed by atoms with Gasteiger partial charge in [-0.15, -0.1) is 0 Å². The third kappa shape index (κ3) is 9.87. The van der Waals surface area contributed by atoms with Crippen LogP contribution in [0.15, 0.2) is 0 Å². The minimum Gasteiger partial charge on any atom is -0.317 e. The fourth-order valence-corrected chi connectivity index (χ4v) is 1.37. The lowest BCUT2D eigenvalue weighted by Gasteiger charge is -2.01. The van der Waals surface area contributed by atoms with E-state index >= 15 is 0 Å². The highest BCUT2D eigenvalue weighted by atomic mass is 32.2. The maximum Gasteiger partial charge on any atom is 0.209 e. The molecule has 74 valence electrons. The van der Waals surface area contributed by atoms with Gasteiger partial charge in [-0.1, -0.05) is 13.3 Å². The molecule has 0 bridgehead atoms. The lowest BCUT2D eigenvalue weighted by molar-refractivity contribution is 0.587. The molecule has 0 unspecified atom stereocenters. The molecular formula is C7H18N2O2S. The zero-order valence-corrected chi connectivity index (χ0v) is 8.36. The zero-order chi connectivity index (χ0) is 9.45. The van der Waals surface area contributed by atoms with E-state index in [1.165, 1.54) is 0 Å². The van der Waals surface area contributed by atoms with Gasteiger partial charge in [-0.05, 0) is 25.9 Å². The van der Waals surface area contributed by atoms with E-state index in [1.54, 1.807) is 0 Å². The number of nitrogens with one attached hydrogen (secondary N) is 1. The summed E-state index contributed by atoms with van der Waals surface area (Å²) in [4.78, 5) is 0. The SMILES string of the molecule is CCCCNCCCS(N)(=O)=O. The van der Waals surface area contributed by atoms with Crippen molar-refractivity contribution in [1.82, 2.24) is 5.32 Å². The molecule has 4 nitrogen and oxygen atoms in total. The summed E-state index contributed by atoms with van der Waals surface area (Å²) in [7, 11) is -3.26. The molecule has 0 aromatic carbocycles. The van der Waals surface area contributed by atoms with Gasteiger partial charge >= 0.3 is 0 Å². The molecule has 0 saturated carbocycles. The van der Waals surface area contributed by atoms with E-state index in [2.05, 4.69) is 12.2 Å². The first kappa shape index (κ1) is 11.9. The number of nitrogens with two attached hydrogens (primary N) is 1. The first-order valence-electron chi connectivity index (χ1n) is 4.27. The van der Waals surface area contributed by atoms with Crippen molar-refractivity contribution in [1.29, 1.82) is 0 Å². The Balaban J connectivity index is 3.12. The van der Waals surface area contributed by atoms with Gasteiger partial charge in [0.1, 0.15) is 0 Å². The van der Waals surface area contributed by atoms with Crippen LogP contribution >= 0.6 is 0 Å². The molecule has 0 aliphatic heterocycles. The van der Waals surface area contributed by atoms with Gasteiger partial charge in [0, 0.05) is 0 Å². The van der Waals surface area contributed by atoms with Crippen LogP contribution in [0.4, 0.5) is 0 Å². The predicted octanol–water partition coefficient (Wildman–Crippen LogP) is 0.0547. The average molecular weight is 194 g/mol. The summed E-state index contributed by atoms with van der Waals surface area (Å²) in [6.45, 7) is 3.81. The predicted molar refractivity (Wildman–Crippen MR) is 50.4 cm³/mol. The van der Waals surface area contributed by atoms with Gasteiger partial charge in [0.05, 0.1) is 5.75 Å². The van der Waals surface area contributed by atoms with Gasteiger partial charge < -0.3 is 5.32 Å². The second kappa shape index (κ2) is 6.39. The van der Waals surface area contributed by atoms with Gasteiger partial charge in [-0.3, -0.25) is 0 Å². The van der Waals surface area contributed by atoms with E-state index in [0.29, 0.717) is 6.42 Å². The van der Waals surface area contributed by atoms with Crippen LogP contribution in [0, 0.1) is 0 Å². The summed E-state index contributed by atoms with van der Waals surface area (Å²) >= 11 is 0. The van der Waals surface area contributed by atoms with E-state index in [9.17, 15) is 8.42 Å². The average Bonchev–Trinajstić information content (AvgIpc) is 1.94. The van der Waals surface area contributed by atoms with Gasteiger partial charge in [-0.2, -0.15) is 0 Å². The van der Waals surface area contributed by atoms with Crippen LogP contribution in [-0.2, 0) is 10.0 Å². The van der Waals surface area contributed by atoms with Crippen LogP contribution in [0.5, 0.6) is 0 Å². The highest BCUT2D eigenvalue weighted by molar-refractivity contribution is 7.89. The third-order valence-corrected chi connectivity index (χ3v) is 2.35. The Morgan fingerprint density at radius 3 is 2.33 bits per heavy atom. The van der Waals surface area contributed by atoms with Crippen LogP contribution in [0.25, 0.3) is 0 Å². The summed E-state index contributed by atoms with van der Waals surface area (Å²) in [6, 6.07) is 0. The lowest BCUT2D eigenvalue weighted by atomic mass is 10.3. The molecule has 0 aliphatic rings. The number of sulfonamides is 1. The number of hydrogen-bond acceptors (Lipinski definition) is 3. The maximum atomic E-state index is 10.5. The molecule has 0 atom stereocenters. The van der Waals surface area contributed by atoms with Crippen molar-refractivity contribution >= 4 is 10.0 Å². The number of rotatable bonds is 7. The van der Waals surface area contributed by atoms with Crippen molar-refractivity contribution in [3.8, 4) is 0 Å². The molecule has 0 spiro atoms. The van der Waals surface area contributed by atoms with Crippen molar-refractivity contribution in [2.45, 2.75) is 26.2 Å². The summed E-state index contributed by atoms with van der Waals surface area (Å²) < 4.78 is 20.9. The summed E-state index contributed by atoms with van der Waals surface area (Å²) in [5.74, 6) is 0.0755.